The molecule has 1 aliphatic rings. The fourth-order valence-corrected chi connectivity index (χ4v) is 2.10. The minimum atomic E-state index is -0.552. The fraction of sp³-hybridized carbons (Fsp3) is 0.833. The second kappa shape index (κ2) is 7.14. The lowest BCUT2D eigenvalue weighted by Gasteiger charge is -2.24. The largest absolute Gasteiger partial charge is 0.467 e. The number of hydrogen-bond donors (Lipinski definition) is 2. The maximum atomic E-state index is 11.7. The highest BCUT2D eigenvalue weighted by atomic mass is 16.5. The Bertz CT molecular complexity index is 262. The number of urea groups is 1. The van der Waals surface area contributed by atoms with Crippen molar-refractivity contribution in [3.8, 4) is 0 Å². The van der Waals surface area contributed by atoms with Crippen molar-refractivity contribution >= 4 is 12.0 Å². The van der Waals surface area contributed by atoms with Gasteiger partial charge in [0.2, 0.25) is 0 Å². The number of ether oxygens (including phenoxy) is 1. The van der Waals surface area contributed by atoms with Gasteiger partial charge in [0, 0.05) is 6.04 Å². The third-order valence-corrected chi connectivity index (χ3v) is 3.14. The standard InChI is InChI=1S/C12H22N2O3/c1-3-10(11(15)17-2)14-12(16)13-9-7-5-4-6-8-9/h9-10H,3-8H2,1-2H3,(H2,13,14,16). The van der Waals surface area contributed by atoms with Gasteiger partial charge in [-0.25, -0.2) is 9.59 Å². The van der Waals surface area contributed by atoms with Crippen LogP contribution in [-0.4, -0.2) is 31.2 Å². The van der Waals surface area contributed by atoms with E-state index in [1.165, 1.54) is 26.4 Å². The molecule has 0 radical (unpaired) electrons. The SMILES string of the molecule is CCC(NC(=O)NC1CCCCC1)C(=O)OC. The van der Waals surface area contributed by atoms with Gasteiger partial charge in [-0.15, -0.1) is 0 Å². The maximum Gasteiger partial charge on any atom is 0.328 e. The molecule has 5 heteroatoms. The Kier molecular flexibility index (Phi) is 5.80. The molecule has 0 aliphatic heterocycles. The minimum absolute atomic E-state index is 0.249. The van der Waals surface area contributed by atoms with Crippen molar-refractivity contribution in [1.29, 1.82) is 0 Å². The van der Waals surface area contributed by atoms with Gasteiger partial charge in [0.1, 0.15) is 6.04 Å². The molecule has 0 spiro atoms. The van der Waals surface area contributed by atoms with E-state index in [9.17, 15) is 9.59 Å². The van der Waals surface area contributed by atoms with E-state index >= 15 is 0 Å². The molecular formula is C12H22N2O3. The Morgan fingerprint density at radius 3 is 2.47 bits per heavy atom. The van der Waals surface area contributed by atoms with Crippen LogP contribution in [0.4, 0.5) is 4.79 Å². The van der Waals surface area contributed by atoms with Crippen molar-refractivity contribution in [2.75, 3.05) is 7.11 Å². The van der Waals surface area contributed by atoms with Gasteiger partial charge in [-0.05, 0) is 19.3 Å². The molecular weight excluding hydrogens is 220 g/mol. The first-order valence-electron chi connectivity index (χ1n) is 6.32. The van der Waals surface area contributed by atoms with Gasteiger partial charge in [0.25, 0.3) is 0 Å². The number of methoxy groups -OCH3 is 1. The van der Waals surface area contributed by atoms with E-state index in [0.717, 1.165) is 12.8 Å². The number of nitrogens with one attached hydrogen (secondary N) is 2. The van der Waals surface area contributed by atoms with Crippen LogP contribution in [0.3, 0.4) is 0 Å². The van der Waals surface area contributed by atoms with Gasteiger partial charge in [-0.2, -0.15) is 0 Å². The highest BCUT2D eigenvalue weighted by Gasteiger charge is 2.21. The third-order valence-electron chi connectivity index (χ3n) is 3.14. The monoisotopic (exact) mass is 242 g/mol. The Balaban J connectivity index is 2.33. The van der Waals surface area contributed by atoms with Gasteiger partial charge >= 0.3 is 12.0 Å². The summed E-state index contributed by atoms with van der Waals surface area (Å²) in [5.41, 5.74) is 0. The molecule has 2 N–H and O–H groups in total. The molecule has 17 heavy (non-hydrogen) atoms. The van der Waals surface area contributed by atoms with Crippen LogP contribution in [0.25, 0.3) is 0 Å². The maximum absolute atomic E-state index is 11.7. The molecule has 0 bridgehead atoms. The zero-order chi connectivity index (χ0) is 12.7. The Morgan fingerprint density at radius 2 is 1.94 bits per heavy atom. The fourth-order valence-electron chi connectivity index (χ4n) is 2.10. The average molecular weight is 242 g/mol. The number of carbonyl (C=O) groups excluding carboxylic acids is 2. The van der Waals surface area contributed by atoms with Crippen LogP contribution < -0.4 is 10.6 Å². The van der Waals surface area contributed by atoms with Crippen LogP contribution in [0.15, 0.2) is 0 Å². The Labute approximate surface area is 102 Å². The van der Waals surface area contributed by atoms with E-state index in [-0.39, 0.29) is 12.1 Å². The van der Waals surface area contributed by atoms with Crippen LogP contribution in [-0.2, 0) is 9.53 Å². The average Bonchev–Trinajstić information content (AvgIpc) is 2.36. The van der Waals surface area contributed by atoms with Crippen molar-refractivity contribution in [1.82, 2.24) is 10.6 Å². The normalized spacial score (nSPS) is 18.2. The first kappa shape index (κ1) is 13.8. The molecule has 0 aromatic carbocycles. The third kappa shape index (κ3) is 4.63. The summed E-state index contributed by atoms with van der Waals surface area (Å²) in [4.78, 5) is 23.0. The molecule has 1 saturated carbocycles. The lowest BCUT2D eigenvalue weighted by Crippen LogP contribution is -2.49. The number of esters is 1. The second-order valence-electron chi connectivity index (χ2n) is 4.44. The summed E-state index contributed by atoms with van der Waals surface area (Å²) in [5, 5.41) is 5.54. The van der Waals surface area contributed by atoms with Crippen LogP contribution in [0, 0.1) is 0 Å². The van der Waals surface area contributed by atoms with Crippen LogP contribution in [0.1, 0.15) is 45.4 Å². The summed E-state index contributed by atoms with van der Waals surface area (Å²) in [6, 6.07) is -0.573. The second-order valence-corrected chi connectivity index (χ2v) is 4.44. The molecule has 0 aromatic rings. The lowest BCUT2D eigenvalue weighted by molar-refractivity contribution is -0.142. The first-order valence-corrected chi connectivity index (χ1v) is 6.32. The molecule has 1 rings (SSSR count). The highest BCUT2D eigenvalue weighted by Crippen LogP contribution is 2.17. The van der Waals surface area contributed by atoms with Crippen molar-refractivity contribution in [2.45, 2.75) is 57.5 Å². The number of rotatable bonds is 4. The molecule has 98 valence electrons. The summed E-state index contributed by atoms with van der Waals surface area (Å²) < 4.78 is 4.61. The summed E-state index contributed by atoms with van der Waals surface area (Å²) in [5.74, 6) is -0.397. The molecule has 0 heterocycles. The summed E-state index contributed by atoms with van der Waals surface area (Å²) in [6.45, 7) is 1.84. The predicted octanol–water partition coefficient (Wildman–Crippen LogP) is 1.57. The van der Waals surface area contributed by atoms with Crippen LogP contribution in [0.5, 0.6) is 0 Å². The highest BCUT2D eigenvalue weighted by molar-refractivity contribution is 5.83. The quantitative estimate of drug-likeness (QED) is 0.735. The summed E-state index contributed by atoms with van der Waals surface area (Å²) in [6.07, 6.45) is 6.17. The molecule has 1 aliphatic carbocycles. The number of amides is 2. The molecule has 1 atom stereocenters. The van der Waals surface area contributed by atoms with E-state index in [1.54, 1.807) is 0 Å². The van der Waals surface area contributed by atoms with Crippen molar-refractivity contribution in [3.63, 3.8) is 0 Å². The van der Waals surface area contributed by atoms with Crippen LogP contribution >= 0.6 is 0 Å². The Morgan fingerprint density at radius 1 is 1.29 bits per heavy atom. The van der Waals surface area contributed by atoms with Gasteiger partial charge in [0.15, 0.2) is 0 Å². The van der Waals surface area contributed by atoms with E-state index < -0.39 is 12.0 Å². The summed E-state index contributed by atoms with van der Waals surface area (Å²) in [7, 11) is 1.33. The van der Waals surface area contributed by atoms with Crippen molar-refractivity contribution in [3.05, 3.63) is 0 Å². The molecule has 0 aromatic heterocycles. The molecule has 2 amide bonds. The van der Waals surface area contributed by atoms with Gasteiger partial charge in [-0.1, -0.05) is 26.2 Å². The van der Waals surface area contributed by atoms with E-state index in [4.69, 9.17) is 0 Å². The molecule has 1 unspecified atom stereocenters. The minimum Gasteiger partial charge on any atom is -0.467 e. The Hall–Kier alpha value is -1.26. The number of hydrogen-bond acceptors (Lipinski definition) is 3. The smallest absolute Gasteiger partial charge is 0.328 e. The lowest BCUT2D eigenvalue weighted by atomic mass is 9.96. The number of carbonyl (C=O) groups is 2. The van der Waals surface area contributed by atoms with E-state index in [1.807, 2.05) is 6.92 Å². The molecule has 1 fully saturated rings. The zero-order valence-electron chi connectivity index (χ0n) is 10.6. The van der Waals surface area contributed by atoms with Crippen molar-refractivity contribution in [2.24, 2.45) is 0 Å². The first-order chi connectivity index (χ1) is 8.17. The van der Waals surface area contributed by atoms with Crippen LogP contribution in [0.2, 0.25) is 0 Å². The zero-order valence-corrected chi connectivity index (χ0v) is 10.6. The molecule has 5 nitrogen and oxygen atoms in total. The van der Waals surface area contributed by atoms with Gasteiger partial charge < -0.3 is 15.4 Å². The van der Waals surface area contributed by atoms with Crippen molar-refractivity contribution < 1.29 is 14.3 Å². The predicted molar refractivity (Wildman–Crippen MR) is 64.6 cm³/mol. The van der Waals surface area contributed by atoms with Gasteiger partial charge in [0.05, 0.1) is 7.11 Å². The molecule has 0 saturated heterocycles. The van der Waals surface area contributed by atoms with Gasteiger partial charge in [-0.3, -0.25) is 0 Å². The van der Waals surface area contributed by atoms with E-state index in [0.29, 0.717) is 6.42 Å². The van der Waals surface area contributed by atoms with E-state index in [2.05, 4.69) is 15.4 Å². The summed E-state index contributed by atoms with van der Waals surface area (Å²) >= 11 is 0. The topological polar surface area (TPSA) is 67.4 Å².